The zero-order valence-electron chi connectivity index (χ0n) is 17.1. The first-order chi connectivity index (χ1) is 12.3. The molecule has 0 aliphatic rings. The first-order valence-electron chi connectivity index (χ1n) is 8.92. The van der Waals surface area contributed by atoms with Gasteiger partial charge in [0.2, 0.25) is 5.91 Å². The minimum Gasteiger partial charge on any atom is -0.493 e. The fraction of sp³-hybridized carbons (Fsp3) is 0.579. The molecule has 1 aromatic carbocycles. The Kier molecular flexibility index (Phi) is 11.8. The monoisotopic (exact) mass is 492 g/mol. The van der Waals surface area contributed by atoms with Gasteiger partial charge in [0.1, 0.15) is 0 Å². The molecule has 27 heavy (non-hydrogen) atoms. The predicted octanol–water partition coefficient (Wildman–Crippen LogP) is 2.68. The molecule has 0 radical (unpaired) electrons. The molecule has 1 aromatic rings. The van der Waals surface area contributed by atoms with Gasteiger partial charge in [-0.15, -0.1) is 24.0 Å². The number of hydrogen-bond acceptors (Lipinski definition) is 4. The molecule has 0 bridgehead atoms. The van der Waals surface area contributed by atoms with Crippen LogP contribution in [0.3, 0.4) is 0 Å². The molecule has 0 fully saturated rings. The van der Waals surface area contributed by atoms with Crippen LogP contribution < -0.4 is 25.4 Å². The zero-order valence-corrected chi connectivity index (χ0v) is 19.5. The molecule has 8 heteroatoms. The normalized spacial score (nSPS) is 11.3. The number of carbonyl (C=O) groups is 1. The highest BCUT2D eigenvalue weighted by Gasteiger charge is 2.13. The highest BCUT2D eigenvalue weighted by molar-refractivity contribution is 14.0. The molecular weight excluding hydrogens is 459 g/mol. The number of amides is 1. The Morgan fingerprint density at radius 2 is 1.85 bits per heavy atom. The van der Waals surface area contributed by atoms with Gasteiger partial charge < -0.3 is 25.4 Å². The number of nitrogens with zero attached hydrogens (tertiary/aromatic N) is 1. The van der Waals surface area contributed by atoms with Gasteiger partial charge in [-0.25, -0.2) is 4.99 Å². The molecule has 154 valence electrons. The number of hydrogen-bond donors (Lipinski definition) is 3. The third-order valence-electron chi connectivity index (χ3n) is 3.22. The van der Waals surface area contributed by atoms with Crippen molar-refractivity contribution in [1.29, 1.82) is 0 Å². The maximum atomic E-state index is 11.9. The molecule has 7 nitrogen and oxygen atoms in total. The number of rotatable bonds is 8. The highest BCUT2D eigenvalue weighted by Crippen LogP contribution is 2.28. The largest absolute Gasteiger partial charge is 0.493 e. The minimum atomic E-state index is -0.257. The van der Waals surface area contributed by atoms with Crippen LogP contribution in [0.25, 0.3) is 0 Å². The van der Waals surface area contributed by atoms with Crippen LogP contribution >= 0.6 is 24.0 Å². The van der Waals surface area contributed by atoms with E-state index in [9.17, 15) is 4.79 Å². The Labute approximate surface area is 179 Å². The van der Waals surface area contributed by atoms with E-state index >= 15 is 0 Å². The Balaban J connectivity index is 0.00000676. The average molecular weight is 492 g/mol. The van der Waals surface area contributed by atoms with E-state index < -0.39 is 0 Å². The van der Waals surface area contributed by atoms with Gasteiger partial charge in [-0.2, -0.15) is 0 Å². The Bertz CT molecular complexity index is 615. The number of halogens is 1. The van der Waals surface area contributed by atoms with E-state index in [0.717, 1.165) is 5.56 Å². The number of guanidine groups is 1. The van der Waals surface area contributed by atoms with E-state index in [4.69, 9.17) is 9.47 Å². The number of carbonyl (C=O) groups excluding carboxylic acids is 1. The van der Waals surface area contributed by atoms with E-state index in [2.05, 4.69) is 20.9 Å². The van der Waals surface area contributed by atoms with Crippen molar-refractivity contribution in [3.05, 3.63) is 23.8 Å². The molecule has 1 rings (SSSR count). The SMILES string of the molecule is CCNC(=NCc1ccc(OC)c(OCC)c1)NCC(=O)NC(C)(C)C.I. The maximum absolute atomic E-state index is 11.9. The fourth-order valence-electron chi connectivity index (χ4n) is 2.23. The van der Waals surface area contributed by atoms with E-state index in [1.54, 1.807) is 7.11 Å². The molecule has 3 N–H and O–H groups in total. The fourth-order valence-corrected chi connectivity index (χ4v) is 2.23. The second-order valence-electron chi connectivity index (χ2n) is 6.77. The summed E-state index contributed by atoms with van der Waals surface area (Å²) >= 11 is 0. The minimum absolute atomic E-state index is 0. The Morgan fingerprint density at radius 1 is 1.15 bits per heavy atom. The summed E-state index contributed by atoms with van der Waals surface area (Å²) in [6, 6.07) is 5.73. The molecule has 0 aliphatic carbocycles. The van der Waals surface area contributed by atoms with Gasteiger partial charge in [-0.05, 0) is 52.3 Å². The van der Waals surface area contributed by atoms with E-state index in [0.29, 0.717) is 37.2 Å². The van der Waals surface area contributed by atoms with Crippen molar-refractivity contribution < 1.29 is 14.3 Å². The van der Waals surface area contributed by atoms with Crippen molar-refractivity contribution >= 4 is 35.8 Å². The molecule has 0 spiro atoms. The van der Waals surface area contributed by atoms with Crippen molar-refractivity contribution in [1.82, 2.24) is 16.0 Å². The summed E-state index contributed by atoms with van der Waals surface area (Å²) in [5.41, 5.74) is 0.734. The number of aliphatic imine (C=N–C) groups is 1. The van der Waals surface area contributed by atoms with Gasteiger partial charge in [0.15, 0.2) is 17.5 Å². The second-order valence-corrected chi connectivity index (χ2v) is 6.77. The van der Waals surface area contributed by atoms with Gasteiger partial charge in [-0.3, -0.25) is 4.79 Å². The van der Waals surface area contributed by atoms with Crippen LogP contribution in [0.2, 0.25) is 0 Å². The second kappa shape index (κ2) is 12.6. The molecule has 1 amide bonds. The molecular formula is C19H33IN4O3. The van der Waals surface area contributed by atoms with Crippen LogP contribution in [0, 0.1) is 0 Å². The lowest BCUT2D eigenvalue weighted by molar-refractivity contribution is -0.121. The summed E-state index contributed by atoms with van der Waals surface area (Å²) in [6.45, 7) is 11.6. The number of benzene rings is 1. The van der Waals surface area contributed by atoms with Crippen molar-refractivity contribution in [3.8, 4) is 11.5 Å². The van der Waals surface area contributed by atoms with Crippen molar-refractivity contribution in [2.75, 3.05) is 26.8 Å². The summed E-state index contributed by atoms with van der Waals surface area (Å²) in [4.78, 5) is 16.5. The quantitative estimate of drug-likeness (QED) is 0.295. The standard InChI is InChI=1S/C19H32N4O3.HI/c1-7-20-18(22-13-17(24)23-19(3,4)5)21-12-14-9-10-15(25-6)16(11-14)26-8-2;/h9-11H,7-8,12-13H2,1-6H3,(H,23,24)(H2,20,21,22);1H. The first kappa shape index (κ1) is 25.3. The average Bonchev–Trinajstić information content (AvgIpc) is 2.56. The predicted molar refractivity (Wildman–Crippen MR) is 120 cm³/mol. The smallest absolute Gasteiger partial charge is 0.239 e. The number of ether oxygens (including phenoxy) is 2. The first-order valence-corrected chi connectivity index (χ1v) is 8.92. The third kappa shape index (κ3) is 10.3. The summed E-state index contributed by atoms with van der Waals surface area (Å²) in [5, 5.41) is 9.09. The lowest BCUT2D eigenvalue weighted by atomic mass is 10.1. The maximum Gasteiger partial charge on any atom is 0.239 e. The summed E-state index contributed by atoms with van der Waals surface area (Å²) in [7, 11) is 1.62. The molecule has 0 unspecified atom stereocenters. The van der Waals surface area contributed by atoms with Crippen LogP contribution in [0.1, 0.15) is 40.2 Å². The Morgan fingerprint density at radius 3 is 2.41 bits per heavy atom. The lowest BCUT2D eigenvalue weighted by Crippen LogP contribution is -2.48. The topological polar surface area (TPSA) is 84.0 Å². The van der Waals surface area contributed by atoms with Gasteiger partial charge in [-0.1, -0.05) is 6.07 Å². The molecule has 0 heterocycles. The van der Waals surface area contributed by atoms with Crippen molar-refractivity contribution in [2.24, 2.45) is 4.99 Å². The Hall–Kier alpha value is -1.71. The van der Waals surface area contributed by atoms with E-state index in [1.165, 1.54) is 0 Å². The summed E-state index contributed by atoms with van der Waals surface area (Å²) in [5.74, 6) is 1.91. The van der Waals surface area contributed by atoms with Crippen LogP contribution in [0.15, 0.2) is 23.2 Å². The number of nitrogens with one attached hydrogen (secondary N) is 3. The number of methoxy groups -OCH3 is 1. The molecule has 0 atom stereocenters. The van der Waals surface area contributed by atoms with Crippen LogP contribution in [-0.2, 0) is 11.3 Å². The van der Waals surface area contributed by atoms with Crippen LogP contribution in [0.4, 0.5) is 0 Å². The van der Waals surface area contributed by atoms with Crippen LogP contribution in [0.5, 0.6) is 11.5 Å². The third-order valence-corrected chi connectivity index (χ3v) is 3.22. The van der Waals surface area contributed by atoms with Gasteiger partial charge >= 0.3 is 0 Å². The van der Waals surface area contributed by atoms with Crippen molar-refractivity contribution in [2.45, 2.75) is 46.7 Å². The van der Waals surface area contributed by atoms with Gasteiger partial charge in [0.25, 0.3) is 0 Å². The van der Waals surface area contributed by atoms with Crippen LogP contribution in [-0.4, -0.2) is 44.2 Å². The van der Waals surface area contributed by atoms with E-state index in [-0.39, 0.29) is 42.0 Å². The molecule has 0 aromatic heterocycles. The van der Waals surface area contributed by atoms with Gasteiger partial charge in [0, 0.05) is 12.1 Å². The van der Waals surface area contributed by atoms with E-state index in [1.807, 2.05) is 52.8 Å². The lowest BCUT2D eigenvalue weighted by Gasteiger charge is -2.21. The molecule has 0 aliphatic heterocycles. The molecule has 0 saturated carbocycles. The van der Waals surface area contributed by atoms with Gasteiger partial charge in [0.05, 0.1) is 26.8 Å². The summed E-state index contributed by atoms with van der Waals surface area (Å²) in [6.07, 6.45) is 0. The highest BCUT2D eigenvalue weighted by atomic mass is 127. The zero-order chi connectivity index (χ0) is 19.6. The molecule has 0 saturated heterocycles. The summed E-state index contributed by atoms with van der Waals surface area (Å²) < 4.78 is 10.9. The van der Waals surface area contributed by atoms with Crippen molar-refractivity contribution in [3.63, 3.8) is 0 Å².